The molecule has 1 fully saturated rings. The smallest absolute Gasteiger partial charge is 0.343 e. The zero-order valence-corrected chi connectivity index (χ0v) is 20.5. The zero-order valence-electron chi connectivity index (χ0n) is 20.5. The highest BCUT2D eigenvalue weighted by atomic mass is 16.8. The van der Waals surface area contributed by atoms with Gasteiger partial charge in [-0.05, 0) is 62.2 Å². The molecule has 7 nitrogen and oxygen atoms in total. The third-order valence-electron chi connectivity index (χ3n) is 5.71. The van der Waals surface area contributed by atoms with Crippen molar-refractivity contribution in [3.8, 4) is 34.0 Å². The first-order valence-electron chi connectivity index (χ1n) is 12.1. The van der Waals surface area contributed by atoms with Gasteiger partial charge in [-0.2, -0.15) is 0 Å². The van der Waals surface area contributed by atoms with Crippen LogP contribution in [-0.4, -0.2) is 41.0 Å². The van der Waals surface area contributed by atoms with Crippen molar-refractivity contribution in [1.29, 1.82) is 0 Å². The van der Waals surface area contributed by atoms with E-state index >= 15 is 0 Å². The van der Waals surface area contributed by atoms with E-state index < -0.39 is 17.9 Å². The molecule has 184 valence electrons. The van der Waals surface area contributed by atoms with Gasteiger partial charge in [0.1, 0.15) is 11.5 Å². The van der Waals surface area contributed by atoms with E-state index in [4.69, 9.17) is 18.9 Å². The Balaban J connectivity index is 1.32. The van der Waals surface area contributed by atoms with Crippen LogP contribution in [0.4, 0.5) is 0 Å². The Kier molecular flexibility index (Phi) is 8.10. The van der Waals surface area contributed by atoms with Gasteiger partial charge in [0, 0.05) is 23.5 Å². The highest BCUT2D eigenvalue weighted by molar-refractivity contribution is 5.78. The maximum atomic E-state index is 12.3. The Morgan fingerprint density at radius 3 is 2.20 bits per heavy atom. The van der Waals surface area contributed by atoms with Gasteiger partial charge in [0.15, 0.2) is 17.7 Å². The highest BCUT2D eigenvalue weighted by Gasteiger charge is 2.38. The van der Waals surface area contributed by atoms with E-state index in [1.807, 2.05) is 36.4 Å². The van der Waals surface area contributed by atoms with Crippen LogP contribution in [0.3, 0.4) is 0 Å². The molecule has 2 heterocycles. The molecule has 4 rings (SSSR count). The van der Waals surface area contributed by atoms with E-state index in [0.717, 1.165) is 35.5 Å². The number of rotatable bonds is 10. The SMILES string of the molecule is CCCCCCOc1ccc(-c2cnc(-c3ccc(OC(=O)[C@H]4COC(C)(C)O4)cc3)nc2)cc1. The zero-order chi connectivity index (χ0) is 24.7. The lowest BCUT2D eigenvalue weighted by atomic mass is 10.1. The average molecular weight is 477 g/mol. The summed E-state index contributed by atoms with van der Waals surface area (Å²) in [6.45, 7) is 6.66. The van der Waals surface area contributed by atoms with Crippen LogP contribution in [0.1, 0.15) is 46.5 Å². The molecule has 3 aromatic rings. The lowest BCUT2D eigenvalue weighted by Crippen LogP contribution is -2.30. The van der Waals surface area contributed by atoms with Crippen molar-refractivity contribution >= 4 is 5.97 Å². The molecule has 0 saturated carbocycles. The largest absolute Gasteiger partial charge is 0.494 e. The van der Waals surface area contributed by atoms with E-state index in [1.54, 1.807) is 38.4 Å². The number of hydrogen-bond acceptors (Lipinski definition) is 7. The minimum atomic E-state index is -0.777. The monoisotopic (exact) mass is 476 g/mol. The minimum Gasteiger partial charge on any atom is -0.494 e. The number of esters is 1. The molecule has 2 aromatic carbocycles. The summed E-state index contributed by atoms with van der Waals surface area (Å²) in [7, 11) is 0. The van der Waals surface area contributed by atoms with Crippen LogP contribution in [0.25, 0.3) is 22.5 Å². The molecule has 1 aromatic heterocycles. The summed E-state index contributed by atoms with van der Waals surface area (Å²) in [5.41, 5.74) is 2.78. The first-order valence-corrected chi connectivity index (χ1v) is 12.1. The fraction of sp³-hybridized carbons (Fsp3) is 0.393. The summed E-state index contributed by atoms with van der Waals surface area (Å²) < 4.78 is 22.2. The first kappa shape index (κ1) is 24.8. The van der Waals surface area contributed by atoms with Crippen molar-refractivity contribution in [3.05, 3.63) is 60.9 Å². The average Bonchev–Trinajstić information content (AvgIpc) is 3.25. The lowest BCUT2D eigenvalue weighted by Gasteiger charge is -2.16. The number of carbonyl (C=O) groups excluding carboxylic acids is 1. The number of ether oxygens (including phenoxy) is 4. The molecule has 0 bridgehead atoms. The van der Waals surface area contributed by atoms with Gasteiger partial charge in [-0.25, -0.2) is 14.8 Å². The Bertz CT molecular complexity index is 1100. The normalized spacial score (nSPS) is 16.7. The highest BCUT2D eigenvalue weighted by Crippen LogP contribution is 2.26. The van der Waals surface area contributed by atoms with Crippen LogP contribution in [0, 0.1) is 0 Å². The molecule has 1 aliphatic heterocycles. The number of nitrogens with zero attached hydrogens (tertiary/aromatic N) is 2. The molecular weight excluding hydrogens is 444 g/mol. The summed E-state index contributed by atoms with van der Waals surface area (Å²) in [6, 6.07) is 15.1. The van der Waals surface area contributed by atoms with Crippen molar-refractivity contribution in [2.45, 2.75) is 58.3 Å². The summed E-state index contributed by atoms with van der Waals surface area (Å²) >= 11 is 0. The Hall–Kier alpha value is -3.29. The predicted molar refractivity (Wildman–Crippen MR) is 133 cm³/mol. The number of unbranched alkanes of at least 4 members (excludes halogenated alkanes) is 3. The molecule has 1 atom stereocenters. The second-order valence-corrected chi connectivity index (χ2v) is 8.99. The van der Waals surface area contributed by atoms with Crippen molar-refractivity contribution < 1.29 is 23.7 Å². The molecule has 0 amide bonds. The molecule has 0 N–H and O–H groups in total. The molecule has 0 unspecified atom stereocenters. The van der Waals surface area contributed by atoms with Crippen molar-refractivity contribution in [2.75, 3.05) is 13.2 Å². The van der Waals surface area contributed by atoms with Gasteiger partial charge in [0.05, 0.1) is 13.2 Å². The van der Waals surface area contributed by atoms with Crippen LogP contribution in [0.5, 0.6) is 11.5 Å². The van der Waals surface area contributed by atoms with Crippen LogP contribution in [0.15, 0.2) is 60.9 Å². The van der Waals surface area contributed by atoms with Gasteiger partial charge in [-0.3, -0.25) is 0 Å². The van der Waals surface area contributed by atoms with Crippen LogP contribution in [-0.2, 0) is 14.3 Å². The molecule has 1 aliphatic rings. The molecule has 35 heavy (non-hydrogen) atoms. The van der Waals surface area contributed by atoms with Crippen molar-refractivity contribution in [2.24, 2.45) is 0 Å². The molecule has 0 radical (unpaired) electrons. The third-order valence-corrected chi connectivity index (χ3v) is 5.71. The molecular formula is C28H32N2O5. The molecule has 0 spiro atoms. The summed E-state index contributed by atoms with van der Waals surface area (Å²) in [6.07, 6.45) is 7.63. The fourth-order valence-corrected chi connectivity index (χ4v) is 3.75. The van der Waals surface area contributed by atoms with E-state index in [-0.39, 0.29) is 6.61 Å². The van der Waals surface area contributed by atoms with Crippen LogP contribution in [0.2, 0.25) is 0 Å². The predicted octanol–water partition coefficient (Wildman–Crippen LogP) is 5.83. The minimum absolute atomic E-state index is 0.179. The number of aromatic nitrogens is 2. The Morgan fingerprint density at radius 1 is 0.914 bits per heavy atom. The van der Waals surface area contributed by atoms with E-state index in [9.17, 15) is 4.79 Å². The van der Waals surface area contributed by atoms with E-state index in [0.29, 0.717) is 11.6 Å². The summed E-state index contributed by atoms with van der Waals surface area (Å²) in [5, 5.41) is 0. The van der Waals surface area contributed by atoms with Gasteiger partial charge in [-0.1, -0.05) is 38.3 Å². The Labute approximate surface area is 206 Å². The van der Waals surface area contributed by atoms with E-state index in [2.05, 4.69) is 16.9 Å². The van der Waals surface area contributed by atoms with Gasteiger partial charge < -0.3 is 18.9 Å². The van der Waals surface area contributed by atoms with Crippen LogP contribution < -0.4 is 9.47 Å². The maximum absolute atomic E-state index is 12.3. The maximum Gasteiger partial charge on any atom is 0.343 e. The number of benzene rings is 2. The topological polar surface area (TPSA) is 79.8 Å². The molecule has 1 saturated heterocycles. The molecule has 0 aliphatic carbocycles. The second kappa shape index (κ2) is 11.4. The second-order valence-electron chi connectivity index (χ2n) is 8.99. The number of hydrogen-bond donors (Lipinski definition) is 0. The van der Waals surface area contributed by atoms with Gasteiger partial charge in [0.25, 0.3) is 0 Å². The van der Waals surface area contributed by atoms with Gasteiger partial charge in [-0.15, -0.1) is 0 Å². The van der Waals surface area contributed by atoms with E-state index in [1.165, 1.54) is 19.3 Å². The quantitative estimate of drug-likeness (QED) is 0.207. The molecule has 7 heteroatoms. The van der Waals surface area contributed by atoms with Gasteiger partial charge >= 0.3 is 5.97 Å². The van der Waals surface area contributed by atoms with Crippen molar-refractivity contribution in [1.82, 2.24) is 9.97 Å². The van der Waals surface area contributed by atoms with Crippen molar-refractivity contribution in [3.63, 3.8) is 0 Å². The third kappa shape index (κ3) is 6.87. The number of carbonyl (C=O) groups is 1. The fourth-order valence-electron chi connectivity index (χ4n) is 3.75. The standard InChI is InChI=1S/C28H32N2O5/c1-4-5-6-7-16-32-23-12-8-20(9-13-23)22-17-29-26(30-18-22)21-10-14-24(15-11-21)34-27(31)25-19-33-28(2,3)35-25/h8-15,17-18,25H,4-7,16,19H2,1-3H3/t25-/m1/s1. The van der Waals surface area contributed by atoms with Crippen LogP contribution >= 0.6 is 0 Å². The Morgan fingerprint density at radius 2 is 1.57 bits per heavy atom. The summed E-state index contributed by atoms with van der Waals surface area (Å²) in [5.74, 6) is 0.640. The summed E-state index contributed by atoms with van der Waals surface area (Å²) in [4.78, 5) is 21.3. The van der Waals surface area contributed by atoms with Gasteiger partial charge in [0.2, 0.25) is 0 Å². The first-order chi connectivity index (χ1) is 16.9. The lowest BCUT2D eigenvalue weighted by molar-refractivity contribution is -0.162.